The summed E-state index contributed by atoms with van der Waals surface area (Å²) in [6, 6.07) is 8.81. The SMILES string of the molecule is COc1cc(OC)c(CCNC(=O)C(C)(C)c2ccc(Cl)c(Cl)c2)c(OC)c1. The number of halogens is 2. The maximum atomic E-state index is 12.8. The molecule has 0 unspecified atom stereocenters. The van der Waals surface area contributed by atoms with Crippen LogP contribution in [0.15, 0.2) is 30.3 Å². The third-order valence-electron chi connectivity index (χ3n) is 4.69. The molecule has 0 radical (unpaired) electrons. The summed E-state index contributed by atoms with van der Waals surface area (Å²) in [6.45, 7) is 4.11. The number of benzene rings is 2. The summed E-state index contributed by atoms with van der Waals surface area (Å²) >= 11 is 12.1. The number of amides is 1. The molecule has 2 aromatic carbocycles. The fourth-order valence-corrected chi connectivity index (χ4v) is 3.16. The van der Waals surface area contributed by atoms with Gasteiger partial charge in [0.05, 0.1) is 36.8 Å². The molecule has 1 amide bonds. The molecule has 0 aliphatic heterocycles. The molecule has 0 heterocycles. The molecular weight excluding hydrogens is 401 g/mol. The zero-order valence-corrected chi connectivity index (χ0v) is 18.2. The molecule has 5 nitrogen and oxygen atoms in total. The number of ether oxygens (including phenoxy) is 3. The van der Waals surface area contributed by atoms with Crippen molar-refractivity contribution in [2.75, 3.05) is 27.9 Å². The van der Waals surface area contributed by atoms with Crippen molar-refractivity contribution in [3.8, 4) is 17.2 Å². The van der Waals surface area contributed by atoms with Crippen molar-refractivity contribution in [1.29, 1.82) is 0 Å². The van der Waals surface area contributed by atoms with Crippen LogP contribution in [0.4, 0.5) is 0 Å². The number of rotatable bonds is 8. The van der Waals surface area contributed by atoms with Gasteiger partial charge < -0.3 is 19.5 Å². The van der Waals surface area contributed by atoms with Gasteiger partial charge in [-0.15, -0.1) is 0 Å². The van der Waals surface area contributed by atoms with Gasteiger partial charge >= 0.3 is 0 Å². The van der Waals surface area contributed by atoms with E-state index in [1.165, 1.54) is 0 Å². The monoisotopic (exact) mass is 425 g/mol. The van der Waals surface area contributed by atoms with Crippen LogP contribution >= 0.6 is 23.2 Å². The highest BCUT2D eigenvalue weighted by Crippen LogP contribution is 2.34. The molecular formula is C21H25Cl2NO4. The Kier molecular flexibility index (Phi) is 7.44. The average Bonchev–Trinajstić information content (AvgIpc) is 2.69. The second kappa shape index (κ2) is 9.39. The van der Waals surface area contributed by atoms with Crippen LogP contribution in [0.3, 0.4) is 0 Å². The Balaban J connectivity index is 2.12. The number of hydrogen-bond acceptors (Lipinski definition) is 4. The van der Waals surface area contributed by atoms with Crippen molar-refractivity contribution in [2.45, 2.75) is 25.7 Å². The van der Waals surface area contributed by atoms with Crippen LogP contribution in [0.25, 0.3) is 0 Å². The Bertz CT molecular complexity index is 827. The van der Waals surface area contributed by atoms with Gasteiger partial charge in [0.15, 0.2) is 0 Å². The lowest BCUT2D eigenvalue weighted by molar-refractivity contribution is -0.125. The molecule has 28 heavy (non-hydrogen) atoms. The highest BCUT2D eigenvalue weighted by molar-refractivity contribution is 6.42. The van der Waals surface area contributed by atoms with Crippen molar-refractivity contribution >= 4 is 29.1 Å². The Morgan fingerprint density at radius 3 is 2.07 bits per heavy atom. The highest BCUT2D eigenvalue weighted by atomic mass is 35.5. The van der Waals surface area contributed by atoms with Crippen LogP contribution in [-0.4, -0.2) is 33.8 Å². The van der Waals surface area contributed by atoms with E-state index in [1.54, 1.807) is 45.6 Å². The molecule has 2 aromatic rings. The van der Waals surface area contributed by atoms with E-state index in [0.717, 1.165) is 11.1 Å². The van der Waals surface area contributed by atoms with E-state index in [1.807, 2.05) is 19.9 Å². The number of carbonyl (C=O) groups excluding carboxylic acids is 1. The average molecular weight is 426 g/mol. The molecule has 0 spiro atoms. The molecule has 0 aromatic heterocycles. The zero-order valence-electron chi connectivity index (χ0n) is 16.7. The Labute approximate surface area is 175 Å². The first-order valence-corrected chi connectivity index (χ1v) is 9.52. The van der Waals surface area contributed by atoms with E-state index in [9.17, 15) is 4.79 Å². The lowest BCUT2D eigenvalue weighted by Gasteiger charge is -2.25. The van der Waals surface area contributed by atoms with Gasteiger partial charge in [-0.25, -0.2) is 0 Å². The van der Waals surface area contributed by atoms with Crippen LogP contribution in [0.2, 0.25) is 10.0 Å². The minimum atomic E-state index is -0.762. The van der Waals surface area contributed by atoms with Crippen molar-refractivity contribution < 1.29 is 19.0 Å². The molecule has 0 fully saturated rings. The van der Waals surface area contributed by atoms with Crippen molar-refractivity contribution in [1.82, 2.24) is 5.32 Å². The summed E-state index contributed by atoms with van der Waals surface area (Å²) in [5.41, 5.74) is 0.889. The van der Waals surface area contributed by atoms with Crippen LogP contribution in [0.5, 0.6) is 17.2 Å². The molecule has 0 aliphatic rings. The van der Waals surface area contributed by atoms with E-state index in [2.05, 4.69) is 5.32 Å². The standard InChI is InChI=1S/C21H25Cl2NO4/c1-21(2,13-6-7-16(22)17(23)10-13)20(25)24-9-8-15-18(27-4)11-14(26-3)12-19(15)28-5/h6-7,10-12H,8-9H2,1-5H3,(H,24,25). The van der Waals surface area contributed by atoms with Gasteiger partial charge in [0.25, 0.3) is 0 Å². The minimum absolute atomic E-state index is 0.114. The molecule has 0 saturated heterocycles. The third-order valence-corrected chi connectivity index (χ3v) is 5.43. The molecule has 2 rings (SSSR count). The second-order valence-corrected chi connectivity index (χ2v) is 7.58. The van der Waals surface area contributed by atoms with Crippen LogP contribution in [0, 0.1) is 0 Å². The zero-order chi connectivity index (χ0) is 20.9. The van der Waals surface area contributed by atoms with Gasteiger partial charge in [-0.2, -0.15) is 0 Å². The summed E-state index contributed by atoms with van der Waals surface area (Å²) in [5, 5.41) is 3.86. The largest absolute Gasteiger partial charge is 0.496 e. The molecule has 1 N–H and O–H groups in total. The predicted molar refractivity (Wildman–Crippen MR) is 112 cm³/mol. The first-order chi connectivity index (χ1) is 13.2. The summed E-state index contributed by atoms with van der Waals surface area (Å²) < 4.78 is 16.2. The molecule has 0 aliphatic carbocycles. The molecule has 0 bridgehead atoms. The van der Waals surface area contributed by atoms with E-state index in [0.29, 0.717) is 40.3 Å². The lowest BCUT2D eigenvalue weighted by atomic mass is 9.83. The van der Waals surface area contributed by atoms with Gasteiger partial charge in [-0.3, -0.25) is 4.79 Å². The Morgan fingerprint density at radius 2 is 1.57 bits per heavy atom. The fraction of sp³-hybridized carbons (Fsp3) is 0.381. The van der Waals surface area contributed by atoms with Crippen molar-refractivity contribution in [3.63, 3.8) is 0 Å². The maximum Gasteiger partial charge on any atom is 0.230 e. The molecule has 0 saturated carbocycles. The van der Waals surface area contributed by atoms with Gasteiger partial charge in [-0.1, -0.05) is 29.3 Å². The van der Waals surface area contributed by atoms with Crippen molar-refractivity contribution in [3.05, 3.63) is 51.5 Å². The lowest BCUT2D eigenvalue weighted by Crippen LogP contribution is -2.41. The van der Waals surface area contributed by atoms with Gasteiger partial charge in [0.2, 0.25) is 5.91 Å². The summed E-state index contributed by atoms with van der Waals surface area (Å²) in [7, 11) is 4.76. The molecule has 152 valence electrons. The number of hydrogen-bond donors (Lipinski definition) is 1. The van der Waals surface area contributed by atoms with Gasteiger partial charge in [-0.05, 0) is 38.0 Å². The number of carbonyl (C=O) groups is 1. The van der Waals surface area contributed by atoms with E-state index in [4.69, 9.17) is 37.4 Å². The predicted octanol–water partition coefficient (Wildman–Crippen LogP) is 4.66. The molecule has 0 atom stereocenters. The topological polar surface area (TPSA) is 56.8 Å². The Hall–Kier alpha value is -2.11. The van der Waals surface area contributed by atoms with E-state index in [-0.39, 0.29) is 5.91 Å². The minimum Gasteiger partial charge on any atom is -0.496 e. The smallest absolute Gasteiger partial charge is 0.230 e. The fourth-order valence-electron chi connectivity index (χ4n) is 2.86. The highest BCUT2D eigenvalue weighted by Gasteiger charge is 2.30. The van der Waals surface area contributed by atoms with Crippen molar-refractivity contribution in [2.24, 2.45) is 0 Å². The van der Waals surface area contributed by atoms with Crippen LogP contribution < -0.4 is 19.5 Å². The first kappa shape index (κ1) is 22.2. The number of nitrogens with one attached hydrogen (secondary N) is 1. The van der Waals surface area contributed by atoms with Crippen LogP contribution in [0.1, 0.15) is 25.0 Å². The summed E-state index contributed by atoms with van der Waals surface area (Å²) in [6.07, 6.45) is 0.541. The summed E-state index contributed by atoms with van der Waals surface area (Å²) in [5.74, 6) is 1.82. The quantitative estimate of drug-likeness (QED) is 0.668. The summed E-state index contributed by atoms with van der Waals surface area (Å²) in [4.78, 5) is 12.8. The first-order valence-electron chi connectivity index (χ1n) is 8.77. The molecule has 7 heteroatoms. The second-order valence-electron chi connectivity index (χ2n) is 6.77. The van der Waals surface area contributed by atoms with Crippen LogP contribution in [-0.2, 0) is 16.6 Å². The van der Waals surface area contributed by atoms with Gasteiger partial charge in [0, 0.05) is 24.2 Å². The maximum absolute atomic E-state index is 12.8. The number of methoxy groups -OCH3 is 3. The normalized spacial score (nSPS) is 11.1. The van der Waals surface area contributed by atoms with E-state index < -0.39 is 5.41 Å². The van der Waals surface area contributed by atoms with Gasteiger partial charge in [0.1, 0.15) is 17.2 Å². The Morgan fingerprint density at radius 1 is 0.964 bits per heavy atom. The van der Waals surface area contributed by atoms with E-state index >= 15 is 0 Å². The third kappa shape index (κ3) is 4.83.